The molecule has 0 atom stereocenters. The van der Waals surface area contributed by atoms with Crippen molar-refractivity contribution in [2.45, 2.75) is 13.8 Å². The van der Waals surface area contributed by atoms with Gasteiger partial charge in [0.05, 0.1) is 0 Å². The summed E-state index contributed by atoms with van der Waals surface area (Å²) < 4.78 is 5.74. The van der Waals surface area contributed by atoms with E-state index in [9.17, 15) is 9.59 Å². The van der Waals surface area contributed by atoms with Crippen LogP contribution in [-0.4, -0.2) is 11.8 Å². The average Bonchev–Trinajstić information content (AvgIpc) is 2.59. The molecule has 128 valence electrons. The standard InChI is InChI=1S/C20H20N2O3/c1-3-5-19(23)21-15-7-11-17(12-8-15)25-18-13-9-16(10-14-18)22-20(24)6-4-2/h3-14H,1-2H3,(H,21,23)(H,22,24)/b5-3+,6-4+. The minimum atomic E-state index is -0.174. The third kappa shape index (κ3) is 5.99. The summed E-state index contributed by atoms with van der Waals surface area (Å²) in [6.45, 7) is 3.57. The molecule has 5 nitrogen and oxygen atoms in total. The number of carbonyl (C=O) groups is 2. The predicted octanol–water partition coefficient (Wildman–Crippen LogP) is 4.51. The van der Waals surface area contributed by atoms with Gasteiger partial charge in [-0.3, -0.25) is 9.59 Å². The second kappa shape index (κ2) is 9.08. The maximum atomic E-state index is 11.5. The number of hydrogen-bond acceptors (Lipinski definition) is 3. The fraction of sp³-hybridized carbons (Fsp3) is 0.100. The van der Waals surface area contributed by atoms with Crippen LogP contribution in [0.4, 0.5) is 11.4 Å². The molecule has 2 N–H and O–H groups in total. The fourth-order valence-corrected chi connectivity index (χ4v) is 2.02. The van der Waals surface area contributed by atoms with Crippen molar-refractivity contribution in [3.05, 3.63) is 72.8 Å². The molecule has 0 saturated heterocycles. The minimum Gasteiger partial charge on any atom is -0.457 e. The number of anilines is 2. The first-order valence-electron chi connectivity index (χ1n) is 7.86. The first-order valence-corrected chi connectivity index (χ1v) is 7.86. The van der Waals surface area contributed by atoms with Gasteiger partial charge in [0.15, 0.2) is 0 Å². The zero-order valence-corrected chi connectivity index (χ0v) is 14.2. The van der Waals surface area contributed by atoms with Gasteiger partial charge in [0, 0.05) is 11.4 Å². The van der Waals surface area contributed by atoms with Crippen molar-refractivity contribution in [3.63, 3.8) is 0 Å². The summed E-state index contributed by atoms with van der Waals surface area (Å²) in [5.41, 5.74) is 1.38. The highest BCUT2D eigenvalue weighted by molar-refractivity contribution is 5.99. The predicted molar refractivity (Wildman–Crippen MR) is 99.8 cm³/mol. The molecule has 0 aromatic heterocycles. The summed E-state index contributed by atoms with van der Waals surface area (Å²) in [5, 5.41) is 5.49. The molecule has 0 aliphatic rings. The number of amides is 2. The van der Waals surface area contributed by atoms with Crippen LogP contribution in [0.3, 0.4) is 0 Å². The van der Waals surface area contributed by atoms with E-state index in [1.165, 1.54) is 12.2 Å². The van der Waals surface area contributed by atoms with E-state index in [0.717, 1.165) is 0 Å². The van der Waals surface area contributed by atoms with Crippen molar-refractivity contribution in [1.29, 1.82) is 0 Å². The number of hydrogen-bond donors (Lipinski definition) is 2. The van der Waals surface area contributed by atoms with E-state index in [1.54, 1.807) is 74.5 Å². The van der Waals surface area contributed by atoms with Gasteiger partial charge in [-0.15, -0.1) is 0 Å². The van der Waals surface area contributed by atoms with E-state index in [0.29, 0.717) is 22.9 Å². The van der Waals surface area contributed by atoms with Crippen LogP contribution in [0.2, 0.25) is 0 Å². The van der Waals surface area contributed by atoms with E-state index in [4.69, 9.17) is 4.74 Å². The molecule has 2 aromatic rings. The Morgan fingerprint density at radius 3 is 1.40 bits per heavy atom. The lowest BCUT2D eigenvalue weighted by Gasteiger charge is -2.08. The van der Waals surface area contributed by atoms with Crippen LogP contribution >= 0.6 is 0 Å². The van der Waals surface area contributed by atoms with Crippen molar-refractivity contribution in [1.82, 2.24) is 0 Å². The summed E-state index contributed by atoms with van der Waals surface area (Å²) >= 11 is 0. The molecule has 0 spiro atoms. The van der Waals surface area contributed by atoms with Crippen molar-refractivity contribution in [2.24, 2.45) is 0 Å². The monoisotopic (exact) mass is 336 g/mol. The molecular weight excluding hydrogens is 316 g/mol. The van der Waals surface area contributed by atoms with Gasteiger partial charge in [0.2, 0.25) is 11.8 Å². The highest BCUT2D eigenvalue weighted by Gasteiger charge is 2.02. The number of carbonyl (C=O) groups excluding carboxylic acids is 2. The number of rotatable bonds is 6. The molecule has 0 fully saturated rings. The summed E-state index contributed by atoms with van der Waals surface area (Å²) in [5.74, 6) is 0.947. The Bertz CT molecular complexity index is 708. The number of allylic oxidation sites excluding steroid dienone is 2. The number of benzene rings is 2. The van der Waals surface area contributed by atoms with Gasteiger partial charge >= 0.3 is 0 Å². The Kier molecular flexibility index (Phi) is 6.54. The lowest BCUT2D eigenvalue weighted by Crippen LogP contribution is -2.07. The van der Waals surface area contributed by atoms with Crippen molar-refractivity contribution in [3.8, 4) is 11.5 Å². The van der Waals surface area contributed by atoms with Crippen LogP contribution in [-0.2, 0) is 9.59 Å². The first-order chi connectivity index (χ1) is 12.1. The Morgan fingerprint density at radius 1 is 0.720 bits per heavy atom. The largest absolute Gasteiger partial charge is 0.457 e. The second-order valence-electron chi connectivity index (χ2n) is 5.13. The Labute approximate surface area is 147 Å². The highest BCUT2D eigenvalue weighted by atomic mass is 16.5. The van der Waals surface area contributed by atoms with E-state index >= 15 is 0 Å². The molecule has 25 heavy (non-hydrogen) atoms. The molecule has 5 heteroatoms. The van der Waals surface area contributed by atoms with Crippen LogP contribution < -0.4 is 15.4 Å². The molecule has 2 rings (SSSR count). The summed E-state index contributed by atoms with van der Waals surface area (Å²) in [4.78, 5) is 22.9. The highest BCUT2D eigenvalue weighted by Crippen LogP contribution is 2.24. The Hall–Kier alpha value is -3.34. The Balaban J connectivity index is 1.95. The normalized spacial score (nSPS) is 10.8. The second-order valence-corrected chi connectivity index (χ2v) is 5.13. The average molecular weight is 336 g/mol. The van der Waals surface area contributed by atoms with Gasteiger partial charge in [-0.2, -0.15) is 0 Å². The van der Waals surface area contributed by atoms with E-state index in [1.807, 2.05) is 0 Å². The molecule has 0 radical (unpaired) electrons. The molecule has 0 saturated carbocycles. The van der Waals surface area contributed by atoms with Gasteiger partial charge in [0.25, 0.3) is 0 Å². The zero-order valence-electron chi connectivity index (χ0n) is 14.2. The zero-order chi connectivity index (χ0) is 18.1. The summed E-state index contributed by atoms with van der Waals surface area (Å²) in [7, 11) is 0. The van der Waals surface area contributed by atoms with Crippen molar-refractivity contribution < 1.29 is 14.3 Å². The van der Waals surface area contributed by atoms with Gasteiger partial charge < -0.3 is 15.4 Å². The molecular formula is C20H20N2O3. The third-order valence-corrected chi connectivity index (χ3v) is 3.12. The number of ether oxygens (including phenoxy) is 1. The lowest BCUT2D eigenvalue weighted by atomic mass is 10.2. The summed E-state index contributed by atoms with van der Waals surface area (Å²) in [6, 6.07) is 14.1. The van der Waals surface area contributed by atoms with Crippen molar-refractivity contribution in [2.75, 3.05) is 10.6 Å². The minimum absolute atomic E-state index is 0.174. The van der Waals surface area contributed by atoms with Crippen LogP contribution in [0.25, 0.3) is 0 Å². The van der Waals surface area contributed by atoms with Gasteiger partial charge in [-0.1, -0.05) is 12.2 Å². The van der Waals surface area contributed by atoms with Gasteiger partial charge in [-0.05, 0) is 74.5 Å². The first kappa shape index (κ1) is 18.0. The van der Waals surface area contributed by atoms with Crippen LogP contribution in [0.15, 0.2) is 72.8 Å². The van der Waals surface area contributed by atoms with Crippen LogP contribution in [0, 0.1) is 0 Å². The van der Waals surface area contributed by atoms with Gasteiger partial charge in [-0.25, -0.2) is 0 Å². The number of nitrogens with one attached hydrogen (secondary N) is 2. The fourth-order valence-electron chi connectivity index (χ4n) is 2.02. The quantitative estimate of drug-likeness (QED) is 0.763. The van der Waals surface area contributed by atoms with E-state index in [-0.39, 0.29) is 11.8 Å². The van der Waals surface area contributed by atoms with Crippen LogP contribution in [0.5, 0.6) is 11.5 Å². The molecule has 0 aliphatic heterocycles. The Morgan fingerprint density at radius 2 is 1.08 bits per heavy atom. The maximum absolute atomic E-state index is 11.5. The molecule has 0 bridgehead atoms. The topological polar surface area (TPSA) is 67.4 Å². The third-order valence-electron chi connectivity index (χ3n) is 3.12. The smallest absolute Gasteiger partial charge is 0.248 e. The molecule has 2 aromatic carbocycles. The molecule has 2 amide bonds. The molecule has 0 heterocycles. The molecule has 0 unspecified atom stereocenters. The maximum Gasteiger partial charge on any atom is 0.248 e. The van der Waals surface area contributed by atoms with Gasteiger partial charge in [0.1, 0.15) is 11.5 Å². The van der Waals surface area contributed by atoms with E-state index in [2.05, 4.69) is 10.6 Å². The SMILES string of the molecule is C/C=C/C(=O)Nc1ccc(Oc2ccc(NC(=O)/C=C/C)cc2)cc1. The lowest BCUT2D eigenvalue weighted by molar-refractivity contribution is -0.112. The van der Waals surface area contributed by atoms with E-state index < -0.39 is 0 Å². The molecule has 0 aliphatic carbocycles. The van der Waals surface area contributed by atoms with Crippen molar-refractivity contribution >= 4 is 23.2 Å². The van der Waals surface area contributed by atoms with Crippen LogP contribution in [0.1, 0.15) is 13.8 Å². The summed E-state index contributed by atoms with van der Waals surface area (Å²) in [6.07, 6.45) is 6.27.